The SMILES string of the molecule is CC(=O)C(c1ccc(N(C)C)cc1)N1CCNCC1. The van der Waals surface area contributed by atoms with Crippen molar-refractivity contribution in [1.29, 1.82) is 0 Å². The molecule has 104 valence electrons. The summed E-state index contributed by atoms with van der Waals surface area (Å²) in [6.07, 6.45) is 0. The summed E-state index contributed by atoms with van der Waals surface area (Å²) in [5.74, 6) is 0.222. The van der Waals surface area contributed by atoms with E-state index in [1.165, 1.54) is 0 Å². The van der Waals surface area contributed by atoms with Gasteiger partial charge in [-0.2, -0.15) is 0 Å². The number of ketones is 1. The third-order valence-corrected chi connectivity index (χ3v) is 3.63. The van der Waals surface area contributed by atoms with Gasteiger partial charge in [0, 0.05) is 46.0 Å². The molecule has 0 spiro atoms. The largest absolute Gasteiger partial charge is 0.378 e. The molecule has 1 atom stereocenters. The Morgan fingerprint density at radius 2 is 1.79 bits per heavy atom. The number of nitrogens with one attached hydrogen (secondary N) is 1. The number of hydrogen-bond acceptors (Lipinski definition) is 4. The molecule has 4 nitrogen and oxygen atoms in total. The van der Waals surface area contributed by atoms with Crippen molar-refractivity contribution in [2.45, 2.75) is 13.0 Å². The highest BCUT2D eigenvalue weighted by molar-refractivity contribution is 5.83. The Bertz CT molecular complexity index is 422. The van der Waals surface area contributed by atoms with Crippen LogP contribution >= 0.6 is 0 Å². The van der Waals surface area contributed by atoms with Crippen molar-refractivity contribution in [3.05, 3.63) is 29.8 Å². The lowest BCUT2D eigenvalue weighted by Crippen LogP contribution is -2.46. The first kappa shape index (κ1) is 14.0. The second-order valence-corrected chi connectivity index (χ2v) is 5.29. The molecule has 1 aromatic rings. The summed E-state index contributed by atoms with van der Waals surface area (Å²) in [5.41, 5.74) is 2.26. The maximum atomic E-state index is 12.0. The van der Waals surface area contributed by atoms with Gasteiger partial charge in [0.15, 0.2) is 5.78 Å². The maximum absolute atomic E-state index is 12.0. The van der Waals surface area contributed by atoms with Crippen LogP contribution in [-0.4, -0.2) is 51.0 Å². The summed E-state index contributed by atoms with van der Waals surface area (Å²) in [7, 11) is 4.04. The van der Waals surface area contributed by atoms with Gasteiger partial charge in [0.2, 0.25) is 0 Å². The summed E-state index contributed by atoms with van der Waals surface area (Å²) >= 11 is 0. The molecule has 0 amide bonds. The third kappa shape index (κ3) is 3.33. The van der Waals surface area contributed by atoms with Gasteiger partial charge in [-0.3, -0.25) is 9.69 Å². The molecular weight excluding hydrogens is 238 g/mol. The molecule has 1 aliphatic heterocycles. The van der Waals surface area contributed by atoms with Crippen LogP contribution in [-0.2, 0) is 4.79 Å². The Morgan fingerprint density at radius 3 is 2.26 bits per heavy atom. The van der Waals surface area contributed by atoms with Crippen LogP contribution in [0.2, 0.25) is 0 Å². The van der Waals surface area contributed by atoms with Crippen LogP contribution < -0.4 is 10.2 Å². The molecule has 1 saturated heterocycles. The molecule has 1 fully saturated rings. The second kappa shape index (κ2) is 6.17. The van der Waals surface area contributed by atoms with E-state index in [9.17, 15) is 4.79 Å². The minimum atomic E-state index is -0.0988. The zero-order valence-corrected chi connectivity index (χ0v) is 12.0. The fourth-order valence-corrected chi connectivity index (χ4v) is 2.60. The molecule has 0 saturated carbocycles. The van der Waals surface area contributed by atoms with Gasteiger partial charge in [-0.15, -0.1) is 0 Å². The molecule has 1 aliphatic rings. The van der Waals surface area contributed by atoms with Crippen molar-refractivity contribution < 1.29 is 4.79 Å². The zero-order chi connectivity index (χ0) is 13.8. The van der Waals surface area contributed by atoms with Crippen molar-refractivity contribution in [2.75, 3.05) is 45.2 Å². The number of Topliss-reactive ketones (excluding diaryl/α,β-unsaturated/α-hetero) is 1. The molecule has 0 aliphatic carbocycles. The summed E-state index contributed by atoms with van der Waals surface area (Å²) in [6, 6.07) is 8.20. The highest BCUT2D eigenvalue weighted by atomic mass is 16.1. The predicted molar refractivity (Wildman–Crippen MR) is 78.6 cm³/mol. The molecule has 0 bridgehead atoms. The van der Waals surface area contributed by atoms with E-state index in [1.54, 1.807) is 6.92 Å². The molecule has 1 unspecified atom stereocenters. The molecule has 1 heterocycles. The maximum Gasteiger partial charge on any atom is 0.151 e. The topological polar surface area (TPSA) is 35.6 Å². The monoisotopic (exact) mass is 261 g/mol. The lowest BCUT2D eigenvalue weighted by atomic mass is 10.0. The van der Waals surface area contributed by atoms with E-state index < -0.39 is 0 Å². The van der Waals surface area contributed by atoms with Crippen molar-refractivity contribution >= 4 is 11.5 Å². The molecule has 0 radical (unpaired) electrons. The first-order chi connectivity index (χ1) is 9.09. The van der Waals surface area contributed by atoms with Gasteiger partial charge in [-0.05, 0) is 24.6 Å². The summed E-state index contributed by atoms with van der Waals surface area (Å²) in [4.78, 5) is 16.3. The number of hydrogen-bond donors (Lipinski definition) is 1. The van der Waals surface area contributed by atoms with E-state index in [0.29, 0.717) is 0 Å². The highest BCUT2D eigenvalue weighted by Gasteiger charge is 2.25. The highest BCUT2D eigenvalue weighted by Crippen LogP contribution is 2.24. The molecule has 2 rings (SSSR count). The fourth-order valence-electron chi connectivity index (χ4n) is 2.60. The molecule has 1 N–H and O–H groups in total. The van der Waals surface area contributed by atoms with E-state index in [0.717, 1.165) is 37.4 Å². The van der Waals surface area contributed by atoms with Crippen LogP contribution in [0.4, 0.5) is 5.69 Å². The number of benzene rings is 1. The van der Waals surface area contributed by atoms with E-state index >= 15 is 0 Å². The number of carbonyl (C=O) groups excluding carboxylic acids is 1. The Labute approximate surface area is 115 Å². The number of piperazine rings is 1. The Balaban J connectivity index is 2.20. The van der Waals surface area contributed by atoms with E-state index in [-0.39, 0.29) is 11.8 Å². The van der Waals surface area contributed by atoms with Gasteiger partial charge in [0.05, 0.1) is 6.04 Å². The zero-order valence-electron chi connectivity index (χ0n) is 12.0. The van der Waals surface area contributed by atoms with Gasteiger partial charge >= 0.3 is 0 Å². The number of carbonyl (C=O) groups is 1. The fraction of sp³-hybridized carbons (Fsp3) is 0.533. The normalized spacial score (nSPS) is 18.1. The standard InChI is InChI=1S/C15H23N3O/c1-12(19)15(18-10-8-16-9-11-18)13-4-6-14(7-5-13)17(2)3/h4-7,15-16H,8-11H2,1-3H3. The minimum Gasteiger partial charge on any atom is -0.378 e. The number of rotatable bonds is 4. The van der Waals surface area contributed by atoms with E-state index in [4.69, 9.17) is 0 Å². The first-order valence-corrected chi connectivity index (χ1v) is 6.82. The van der Waals surface area contributed by atoms with Gasteiger partial charge in [-0.25, -0.2) is 0 Å². The van der Waals surface area contributed by atoms with Crippen LogP contribution in [0.5, 0.6) is 0 Å². The van der Waals surface area contributed by atoms with Crippen LogP contribution in [0.1, 0.15) is 18.5 Å². The average molecular weight is 261 g/mol. The molecule has 0 aromatic heterocycles. The van der Waals surface area contributed by atoms with Gasteiger partial charge in [0.25, 0.3) is 0 Å². The van der Waals surface area contributed by atoms with E-state index in [1.807, 2.05) is 14.1 Å². The van der Waals surface area contributed by atoms with Crippen LogP contribution in [0.15, 0.2) is 24.3 Å². The van der Waals surface area contributed by atoms with Crippen LogP contribution in [0, 0.1) is 0 Å². The van der Waals surface area contributed by atoms with Crippen LogP contribution in [0.3, 0.4) is 0 Å². The Kier molecular flexibility index (Phi) is 4.56. The van der Waals surface area contributed by atoms with Crippen molar-refractivity contribution in [1.82, 2.24) is 10.2 Å². The summed E-state index contributed by atoms with van der Waals surface area (Å²) < 4.78 is 0. The Hall–Kier alpha value is -1.39. The van der Waals surface area contributed by atoms with Crippen molar-refractivity contribution in [3.8, 4) is 0 Å². The van der Waals surface area contributed by atoms with Gasteiger partial charge < -0.3 is 10.2 Å². The molecule has 1 aromatic carbocycles. The average Bonchev–Trinajstić information content (AvgIpc) is 2.40. The lowest BCUT2D eigenvalue weighted by molar-refractivity contribution is -0.122. The smallest absolute Gasteiger partial charge is 0.151 e. The minimum absolute atomic E-state index is 0.0988. The van der Waals surface area contributed by atoms with E-state index in [2.05, 4.69) is 39.4 Å². The summed E-state index contributed by atoms with van der Waals surface area (Å²) in [5, 5.41) is 3.32. The van der Waals surface area contributed by atoms with Crippen LogP contribution in [0.25, 0.3) is 0 Å². The van der Waals surface area contributed by atoms with Gasteiger partial charge in [-0.1, -0.05) is 12.1 Å². The summed E-state index contributed by atoms with van der Waals surface area (Å²) in [6.45, 7) is 5.46. The molecule has 4 heteroatoms. The molecular formula is C15H23N3O. The third-order valence-electron chi connectivity index (χ3n) is 3.63. The quantitative estimate of drug-likeness (QED) is 0.886. The number of anilines is 1. The van der Waals surface area contributed by atoms with Crippen molar-refractivity contribution in [2.24, 2.45) is 0 Å². The predicted octanol–water partition coefficient (Wildman–Crippen LogP) is 1.29. The molecule has 19 heavy (non-hydrogen) atoms. The lowest BCUT2D eigenvalue weighted by Gasteiger charge is -2.33. The number of nitrogens with zero attached hydrogens (tertiary/aromatic N) is 2. The second-order valence-electron chi connectivity index (χ2n) is 5.29. The Morgan fingerprint density at radius 1 is 1.21 bits per heavy atom. The first-order valence-electron chi connectivity index (χ1n) is 6.82. The van der Waals surface area contributed by atoms with Gasteiger partial charge in [0.1, 0.15) is 0 Å². The van der Waals surface area contributed by atoms with Crippen molar-refractivity contribution in [3.63, 3.8) is 0 Å².